The maximum atomic E-state index is 12.8. The third kappa shape index (κ3) is 3.41. The number of nitrogens with one attached hydrogen (secondary N) is 2. The number of carbonyl (C=O) groups is 1. The average molecular weight is 385 g/mol. The number of aromatic nitrogens is 4. The number of amides is 2. The van der Waals surface area contributed by atoms with Crippen molar-refractivity contribution >= 4 is 28.7 Å². The Balaban J connectivity index is 1.55. The van der Waals surface area contributed by atoms with Crippen molar-refractivity contribution < 1.29 is 4.79 Å². The van der Waals surface area contributed by atoms with Gasteiger partial charge in [0.1, 0.15) is 10.8 Å². The van der Waals surface area contributed by atoms with Crippen molar-refractivity contribution in [3.63, 3.8) is 0 Å². The molecular weight excluding hydrogens is 360 g/mol. The maximum Gasteiger partial charge on any atom is 0.320 e. The number of carbonyl (C=O) groups excluding carboxylic acids is 1. The van der Waals surface area contributed by atoms with Gasteiger partial charge in [0.25, 0.3) is 0 Å². The Morgan fingerprint density at radius 3 is 2.70 bits per heavy atom. The molecule has 3 aromatic heterocycles. The van der Waals surface area contributed by atoms with E-state index in [1.165, 1.54) is 0 Å². The lowest BCUT2D eigenvalue weighted by atomic mass is 9.99. The normalized spacial score (nSPS) is 16.1. The molecule has 2 amide bonds. The van der Waals surface area contributed by atoms with E-state index >= 15 is 0 Å². The molecule has 1 aliphatic rings. The SMILES string of the molecule is Cc1csc(C2(NC(=O)Nc3ccc4nnc(C(C)C)n4c3)CCCC2)n1. The summed E-state index contributed by atoms with van der Waals surface area (Å²) in [4.78, 5) is 17.4. The van der Waals surface area contributed by atoms with Crippen LogP contribution in [0.1, 0.15) is 62.0 Å². The number of pyridine rings is 1. The zero-order chi connectivity index (χ0) is 19.0. The summed E-state index contributed by atoms with van der Waals surface area (Å²) in [6.07, 6.45) is 5.93. The molecule has 0 spiro atoms. The van der Waals surface area contributed by atoms with Gasteiger partial charge in [-0.25, -0.2) is 9.78 Å². The predicted octanol–water partition coefficient (Wildman–Crippen LogP) is 4.21. The molecule has 1 fully saturated rings. The molecule has 0 radical (unpaired) electrons. The molecule has 4 rings (SSSR count). The molecule has 0 aromatic carbocycles. The molecule has 8 heteroatoms. The second-order valence-corrected chi connectivity index (χ2v) is 8.38. The van der Waals surface area contributed by atoms with Gasteiger partial charge in [0.2, 0.25) is 0 Å². The van der Waals surface area contributed by atoms with Crippen LogP contribution >= 0.6 is 11.3 Å². The fourth-order valence-corrected chi connectivity index (χ4v) is 4.71. The zero-order valence-electron chi connectivity index (χ0n) is 15.8. The van der Waals surface area contributed by atoms with Crippen LogP contribution in [-0.2, 0) is 5.54 Å². The molecule has 142 valence electrons. The van der Waals surface area contributed by atoms with Gasteiger partial charge in [0.05, 0.1) is 11.2 Å². The van der Waals surface area contributed by atoms with Crippen molar-refractivity contribution in [3.8, 4) is 0 Å². The van der Waals surface area contributed by atoms with Crippen molar-refractivity contribution in [2.75, 3.05) is 5.32 Å². The van der Waals surface area contributed by atoms with Gasteiger partial charge in [-0.3, -0.25) is 4.40 Å². The fraction of sp³-hybridized carbons (Fsp3) is 0.474. The molecule has 3 heterocycles. The molecule has 7 nitrogen and oxygen atoms in total. The summed E-state index contributed by atoms with van der Waals surface area (Å²) >= 11 is 1.63. The number of fused-ring (bicyclic) bond motifs is 1. The first-order valence-corrected chi connectivity index (χ1v) is 10.2. The number of thiazole rings is 1. The molecule has 0 aliphatic heterocycles. The molecule has 1 saturated carbocycles. The third-order valence-electron chi connectivity index (χ3n) is 5.04. The minimum absolute atomic E-state index is 0.205. The Hall–Kier alpha value is -2.48. The number of nitrogens with zero attached hydrogens (tertiary/aromatic N) is 4. The Morgan fingerprint density at radius 1 is 1.26 bits per heavy atom. The van der Waals surface area contributed by atoms with Crippen LogP contribution < -0.4 is 10.6 Å². The van der Waals surface area contributed by atoms with E-state index in [0.29, 0.717) is 5.69 Å². The van der Waals surface area contributed by atoms with Crippen molar-refractivity contribution in [2.45, 2.75) is 57.9 Å². The van der Waals surface area contributed by atoms with Crippen LogP contribution in [0.5, 0.6) is 0 Å². The molecule has 1 aliphatic carbocycles. The van der Waals surface area contributed by atoms with Crippen LogP contribution in [0.15, 0.2) is 23.7 Å². The van der Waals surface area contributed by atoms with Gasteiger partial charge in [-0.1, -0.05) is 26.7 Å². The highest BCUT2D eigenvalue weighted by Gasteiger charge is 2.39. The smallest absolute Gasteiger partial charge is 0.320 e. The monoisotopic (exact) mass is 384 g/mol. The Labute approximate surface area is 162 Å². The highest BCUT2D eigenvalue weighted by Crippen LogP contribution is 2.40. The number of rotatable bonds is 4. The molecule has 3 aromatic rings. The summed E-state index contributed by atoms with van der Waals surface area (Å²) in [6, 6.07) is 3.51. The van der Waals surface area contributed by atoms with Crippen LogP contribution in [-0.4, -0.2) is 25.6 Å². The van der Waals surface area contributed by atoms with Crippen LogP contribution in [0.25, 0.3) is 5.65 Å². The minimum Gasteiger partial charge on any atom is -0.326 e. The van der Waals surface area contributed by atoms with E-state index in [4.69, 9.17) is 0 Å². The summed E-state index contributed by atoms with van der Waals surface area (Å²) < 4.78 is 1.93. The molecule has 0 unspecified atom stereocenters. The molecule has 2 N–H and O–H groups in total. The quantitative estimate of drug-likeness (QED) is 0.706. The number of urea groups is 1. The molecular formula is C19H24N6OS. The van der Waals surface area contributed by atoms with E-state index < -0.39 is 0 Å². The summed E-state index contributed by atoms with van der Waals surface area (Å²) in [5.41, 5.74) is 2.13. The second kappa shape index (κ2) is 6.92. The van der Waals surface area contributed by atoms with Crippen LogP contribution in [0.4, 0.5) is 10.5 Å². The predicted molar refractivity (Wildman–Crippen MR) is 106 cm³/mol. The van der Waals surface area contributed by atoms with Crippen LogP contribution in [0.3, 0.4) is 0 Å². The van der Waals surface area contributed by atoms with E-state index in [1.807, 2.05) is 35.0 Å². The third-order valence-corrected chi connectivity index (χ3v) is 6.21. The average Bonchev–Trinajstić information content (AvgIpc) is 3.34. The van der Waals surface area contributed by atoms with E-state index in [1.54, 1.807) is 11.3 Å². The zero-order valence-corrected chi connectivity index (χ0v) is 16.6. The first kappa shape index (κ1) is 17.9. The number of hydrogen-bond acceptors (Lipinski definition) is 5. The molecule has 0 saturated heterocycles. The van der Waals surface area contributed by atoms with Crippen LogP contribution in [0, 0.1) is 6.92 Å². The Morgan fingerprint density at radius 2 is 2.04 bits per heavy atom. The fourth-order valence-electron chi connectivity index (χ4n) is 3.70. The standard InChI is InChI=1S/C19H24N6OS/c1-12(2)16-24-23-15-7-6-14(10-25(15)16)21-18(26)22-19(8-4-5-9-19)17-20-13(3)11-27-17/h6-7,10-12H,4-5,8-9H2,1-3H3,(H2,21,22,26). The van der Waals surface area contributed by atoms with Gasteiger partial charge in [-0.15, -0.1) is 21.5 Å². The number of aryl methyl sites for hydroxylation is 1. The Bertz CT molecular complexity index is 970. The Kier molecular flexibility index (Phi) is 4.59. The summed E-state index contributed by atoms with van der Waals surface area (Å²) in [7, 11) is 0. The highest BCUT2D eigenvalue weighted by atomic mass is 32.1. The first-order valence-electron chi connectivity index (χ1n) is 9.33. The lowest BCUT2D eigenvalue weighted by Crippen LogP contribution is -2.45. The van der Waals surface area contributed by atoms with Gasteiger partial charge < -0.3 is 10.6 Å². The van der Waals surface area contributed by atoms with Gasteiger partial charge >= 0.3 is 6.03 Å². The van der Waals surface area contributed by atoms with Crippen molar-refractivity contribution in [3.05, 3.63) is 40.2 Å². The maximum absolute atomic E-state index is 12.8. The number of anilines is 1. The minimum atomic E-state index is -0.354. The molecule has 0 bridgehead atoms. The highest BCUT2D eigenvalue weighted by molar-refractivity contribution is 7.09. The second-order valence-electron chi connectivity index (χ2n) is 7.52. The first-order chi connectivity index (χ1) is 13.0. The van der Waals surface area contributed by atoms with E-state index in [0.717, 1.165) is 47.9 Å². The van der Waals surface area contributed by atoms with Crippen molar-refractivity contribution in [2.24, 2.45) is 0 Å². The number of hydrogen-bond donors (Lipinski definition) is 2. The van der Waals surface area contributed by atoms with E-state index in [-0.39, 0.29) is 17.5 Å². The van der Waals surface area contributed by atoms with Gasteiger partial charge in [0, 0.05) is 23.2 Å². The lowest BCUT2D eigenvalue weighted by molar-refractivity contribution is 0.236. The van der Waals surface area contributed by atoms with Gasteiger partial charge in [0.15, 0.2) is 5.65 Å². The molecule has 0 atom stereocenters. The largest absolute Gasteiger partial charge is 0.326 e. The summed E-state index contributed by atoms with van der Waals surface area (Å²) in [5, 5.41) is 17.6. The van der Waals surface area contributed by atoms with E-state index in [9.17, 15) is 4.79 Å². The topological polar surface area (TPSA) is 84.2 Å². The van der Waals surface area contributed by atoms with Gasteiger partial charge in [-0.05, 0) is 31.9 Å². The van der Waals surface area contributed by atoms with Gasteiger partial charge in [-0.2, -0.15) is 0 Å². The van der Waals surface area contributed by atoms with Crippen molar-refractivity contribution in [1.82, 2.24) is 24.9 Å². The van der Waals surface area contributed by atoms with E-state index in [2.05, 4.69) is 39.7 Å². The summed E-state index contributed by atoms with van der Waals surface area (Å²) in [5.74, 6) is 1.12. The lowest BCUT2D eigenvalue weighted by Gasteiger charge is -2.28. The molecule has 27 heavy (non-hydrogen) atoms. The van der Waals surface area contributed by atoms with Crippen molar-refractivity contribution in [1.29, 1.82) is 0 Å². The van der Waals surface area contributed by atoms with Crippen LogP contribution in [0.2, 0.25) is 0 Å². The summed E-state index contributed by atoms with van der Waals surface area (Å²) in [6.45, 7) is 6.13.